The molecule has 0 radical (unpaired) electrons. The molecule has 0 spiro atoms. The molecule has 4 heterocycles. The Morgan fingerprint density at radius 2 is 1.82 bits per heavy atom. The van der Waals surface area contributed by atoms with E-state index in [9.17, 15) is 9.59 Å². The Kier molecular flexibility index (Phi) is 6.29. The van der Waals surface area contributed by atoms with Gasteiger partial charge in [-0.25, -0.2) is 9.48 Å². The SMILES string of the molecule is CN1CCC(n2c(=O)n(C)c(=O)c3c(Nc4ccccc4)n(Cc4ccc(C5=NCCC=C5)cc4)nc32)C1. The highest BCUT2D eigenvalue weighted by Crippen LogP contribution is 2.28. The van der Waals surface area contributed by atoms with Crippen molar-refractivity contribution in [2.24, 2.45) is 12.0 Å². The van der Waals surface area contributed by atoms with E-state index in [-0.39, 0.29) is 17.3 Å². The number of rotatable bonds is 6. The summed E-state index contributed by atoms with van der Waals surface area (Å²) in [6, 6.07) is 17.9. The fourth-order valence-corrected chi connectivity index (χ4v) is 5.32. The highest BCUT2D eigenvalue weighted by molar-refractivity contribution is 6.09. The normalized spacial score (nSPS) is 17.7. The molecular formula is C29H31N7O2. The maximum Gasteiger partial charge on any atom is 0.332 e. The minimum absolute atomic E-state index is 0.0432. The van der Waals surface area contributed by atoms with E-state index in [4.69, 9.17) is 5.10 Å². The molecule has 194 valence electrons. The number of hydrogen-bond donors (Lipinski definition) is 1. The number of nitrogens with zero attached hydrogens (tertiary/aromatic N) is 6. The van der Waals surface area contributed by atoms with Crippen molar-refractivity contribution < 1.29 is 0 Å². The van der Waals surface area contributed by atoms with Crippen molar-refractivity contribution in [1.82, 2.24) is 23.8 Å². The van der Waals surface area contributed by atoms with Crippen LogP contribution in [0.1, 0.15) is 30.0 Å². The summed E-state index contributed by atoms with van der Waals surface area (Å²) in [6.07, 6.45) is 6.02. The molecule has 2 aliphatic rings. The quantitative estimate of drug-likeness (QED) is 0.431. The van der Waals surface area contributed by atoms with Gasteiger partial charge in [-0.3, -0.25) is 18.9 Å². The number of allylic oxidation sites excluding steroid dienone is 1. The van der Waals surface area contributed by atoms with Gasteiger partial charge in [0.15, 0.2) is 5.65 Å². The first-order chi connectivity index (χ1) is 18.5. The molecule has 1 unspecified atom stereocenters. The highest BCUT2D eigenvalue weighted by atomic mass is 16.2. The number of hydrogen-bond acceptors (Lipinski definition) is 6. The van der Waals surface area contributed by atoms with Crippen LogP contribution in [0.25, 0.3) is 11.0 Å². The lowest BCUT2D eigenvalue weighted by atomic mass is 10.1. The third kappa shape index (κ3) is 4.39. The summed E-state index contributed by atoms with van der Waals surface area (Å²) >= 11 is 0. The Balaban J connectivity index is 1.47. The number of likely N-dealkylation sites (tertiary alicyclic amines) is 1. The molecule has 4 aromatic rings. The highest BCUT2D eigenvalue weighted by Gasteiger charge is 2.29. The number of benzene rings is 2. The number of para-hydroxylation sites is 1. The maximum atomic E-state index is 13.5. The lowest BCUT2D eigenvalue weighted by molar-refractivity contribution is 0.388. The predicted octanol–water partition coefficient (Wildman–Crippen LogP) is 3.31. The first-order valence-corrected chi connectivity index (χ1v) is 13.0. The van der Waals surface area contributed by atoms with Crippen molar-refractivity contribution in [3.63, 3.8) is 0 Å². The number of fused-ring (bicyclic) bond motifs is 1. The Morgan fingerprint density at radius 1 is 1.03 bits per heavy atom. The molecule has 0 aliphatic carbocycles. The summed E-state index contributed by atoms with van der Waals surface area (Å²) < 4.78 is 4.72. The minimum atomic E-state index is -0.352. The standard InChI is InChI=1S/C29H31N7O2/c1-33-17-15-23(19-33)36-27-25(28(37)34(2)29(36)38)26(31-22-8-4-3-5-9-22)35(32-27)18-20-11-13-21(14-12-20)24-10-6-7-16-30-24/h3-6,8-14,23,31H,7,15-19H2,1-2H3. The van der Waals surface area contributed by atoms with E-state index in [1.165, 1.54) is 4.57 Å². The van der Waals surface area contributed by atoms with E-state index in [1.54, 1.807) is 16.3 Å². The monoisotopic (exact) mass is 509 g/mol. The molecule has 9 heteroatoms. The van der Waals surface area contributed by atoms with Crippen molar-refractivity contribution in [2.45, 2.75) is 25.4 Å². The van der Waals surface area contributed by atoms with Gasteiger partial charge in [-0.2, -0.15) is 5.10 Å². The van der Waals surface area contributed by atoms with Crippen LogP contribution in [0, 0.1) is 0 Å². The van der Waals surface area contributed by atoms with E-state index in [0.717, 1.165) is 55.0 Å². The molecule has 0 bridgehead atoms. The predicted molar refractivity (Wildman–Crippen MR) is 151 cm³/mol. The number of likely N-dealkylation sites (N-methyl/N-ethyl adjacent to an activating group) is 1. The minimum Gasteiger partial charge on any atom is -0.340 e. The van der Waals surface area contributed by atoms with Gasteiger partial charge in [-0.1, -0.05) is 48.5 Å². The van der Waals surface area contributed by atoms with Crippen molar-refractivity contribution in [1.29, 1.82) is 0 Å². The number of aliphatic imine (C=N–C) groups is 1. The maximum absolute atomic E-state index is 13.5. The summed E-state index contributed by atoms with van der Waals surface area (Å²) in [7, 11) is 3.59. The van der Waals surface area contributed by atoms with E-state index in [2.05, 4.69) is 51.6 Å². The molecule has 1 N–H and O–H groups in total. The summed E-state index contributed by atoms with van der Waals surface area (Å²) in [5.74, 6) is 0.579. The van der Waals surface area contributed by atoms with Crippen LogP contribution >= 0.6 is 0 Å². The molecule has 2 aliphatic heterocycles. The van der Waals surface area contributed by atoms with Crippen LogP contribution < -0.4 is 16.6 Å². The molecule has 0 amide bonds. The van der Waals surface area contributed by atoms with Crippen molar-refractivity contribution in [3.05, 3.63) is 98.7 Å². The molecular weight excluding hydrogens is 478 g/mol. The van der Waals surface area contributed by atoms with Crippen LogP contribution in [0.3, 0.4) is 0 Å². The summed E-state index contributed by atoms with van der Waals surface area (Å²) in [6.45, 7) is 2.88. The van der Waals surface area contributed by atoms with Crippen LogP contribution in [0.5, 0.6) is 0 Å². The lowest BCUT2D eigenvalue weighted by Crippen LogP contribution is -2.40. The summed E-state index contributed by atoms with van der Waals surface area (Å²) in [5.41, 5.74) is 3.69. The van der Waals surface area contributed by atoms with Crippen molar-refractivity contribution in [3.8, 4) is 0 Å². The second kappa shape index (κ2) is 9.90. The Hall–Kier alpha value is -4.24. The first-order valence-electron chi connectivity index (χ1n) is 13.0. The van der Waals surface area contributed by atoms with Gasteiger partial charge in [0, 0.05) is 25.8 Å². The number of aromatic nitrogens is 4. The topological polar surface area (TPSA) is 89.5 Å². The Morgan fingerprint density at radius 3 is 2.50 bits per heavy atom. The Bertz CT molecular complexity index is 1660. The lowest BCUT2D eigenvalue weighted by Gasteiger charge is -2.15. The third-order valence-corrected chi connectivity index (χ3v) is 7.38. The van der Waals surface area contributed by atoms with Gasteiger partial charge in [0.2, 0.25) is 0 Å². The van der Waals surface area contributed by atoms with Crippen LogP contribution in [-0.2, 0) is 13.6 Å². The van der Waals surface area contributed by atoms with Crippen LogP contribution in [0.4, 0.5) is 11.5 Å². The van der Waals surface area contributed by atoms with Crippen molar-refractivity contribution in [2.75, 3.05) is 32.0 Å². The first kappa shape index (κ1) is 24.1. The average Bonchev–Trinajstić information content (AvgIpc) is 3.52. The fourth-order valence-electron chi connectivity index (χ4n) is 5.32. The van der Waals surface area contributed by atoms with Gasteiger partial charge in [0.1, 0.15) is 11.2 Å². The fraction of sp³-hybridized carbons (Fsp3) is 0.310. The van der Waals surface area contributed by atoms with Crippen molar-refractivity contribution >= 4 is 28.3 Å². The van der Waals surface area contributed by atoms with Gasteiger partial charge in [-0.15, -0.1) is 0 Å². The molecule has 0 saturated carbocycles. The number of nitrogens with one attached hydrogen (secondary N) is 1. The zero-order valence-electron chi connectivity index (χ0n) is 21.7. The molecule has 2 aromatic carbocycles. The van der Waals surface area contributed by atoms with Crippen LogP contribution in [-0.4, -0.2) is 56.2 Å². The molecule has 1 fully saturated rings. The average molecular weight is 510 g/mol. The second-order valence-corrected chi connectivity index (χ2v) is 10.1. The van der Waals surface area contributed by atoms with Gasteiger partial charge in [0.25, 0.3) is 5.56 Å². The van der Waals surface area contributed by atoms with Crippen LogP contribution in [0.2, 0.25) is 0 Å². The van der Waals surface area contributed by atoms with Gasteiger partial charge in [0.05, 0.1) is 18.3 Å². The summed E-state index contributed by atoms with van der Waals surface area (Å²) in [5, 5.41) is 8.75. The van der Waals surface area contributed by atoms with Gasteiger partial charge in [-0.05, 0) is 55.8 Å². The molecule has 38 heavy (non-hydrogen) atoms. The second-order valence-electron chi connectivity index (χ2n) is 10.1. The zero-order valence-corrected chi connectivity index (χ0v) is 21.7. The van der Waals surface area contributed by atoms with E-state index in [0.29, 0.717) is 23.4 Å². The molecule has 2 aromatic heterocycles. The summed E-state index contributed by atoms with van der Waals surface area (Å²) in [4.78, 5) is 33.7. The number of anilines is 2. The Labute approximate surface area is 220 Å². The zero-order chi connectivity index (χ0) is 26.2. The van der Waals surface area contributed by atoms with E-state index in [1.807, 2.05) is 37.4 Å². The molecule has 9 nitrogen and oxygen atoms in total. The molecule has 6 rings (SSSR count). The third-order valence-electron chi connectivity index (χ3n) is 7.38. The molecule has 1 saturated heterocycles. The smallest absolute Gasteiger partial charge is 0.332 e. The van der Waals surface area contributed by atoms with Crippen LogP contribution in [0.15, 0.2) is 81.3 Å². The largest absolute Gasteiger partial charge is 0.340 e. The van der Waals surface area contributed by atoms with Gasteiger partial charge >= 0.3 is 5.69 Å². The van der Waals surface area contributed by atoms with E-state index < -0.39 is 0 Å². The molecule has 1 atom stereocenters. The van der Waals surface area contributed by atoms with Gasteiger partial charge < -0.3 is 10.2 Å². The van der Waals surface area contributed by atoms with E-state index >= 15 is 0 Å². The number of dihydropyridines is 1.